The van der Waals surface area contributed by atoms with E-state index in [2.05, 4.69) is 5.32 Å². The van der Waals surface area contributed by atoms with E-state index in [1.807, 2.05) is 30.3 Å². The molecule has 0 bridgehead atoms. The summed E-state index contributed by atoms with van der Waals surface area (Å²) < 4.78 is 11.7. The molecule has 39 heavy (non-hydrogen) atoms. The number of hydrogen-bond donors (Lipinski definition) is 3. The van der Waals surface area contributed by atoms with E-state index in [4.69, 9.17) is 9.47 Å². The fourth-order valence-electron chi connectivity index (χ4n) is 6.49. The van der Waals surface area contributed by atoms with Gasteiger partial charge in [0.2, 0.25) is 11.8 Å². The number of carbonyl (C=O) groups is 4. The molecule has 4 unspecified atom stereocenters. The van der Waals surface area contributed by atoms with Gasteiger partial charge in [-0.25, -0.2) is 0 Å². The quantitative estimate of drug-likeness (QED) is 0.412. The number of hydrogen-bond acceptors (Lipinski definition) is 7. The first kappa shape index (κ1) is 26.7. The van der Waals surface area contributed by atoms with Gasteiger partial charge in [0.25, 0.3) is 0 Å². The number of nitrogens with zero attached hydrogens (tertiary/aromatic N) is 1. The molecule has 2 saturated heterocycles. The number of likely N-dealkylation sites (tertiary alicyclic amines) is 1. The highest BCUT2D eigenvalue weighted by atomic mass is 16.5. The first-order valence-corrected chi connectivity index (χ1v) is 13.2. The van der Waals surface area contributed by atoms with Gasteiger partial charge in [0.05, 0.1) is 25.4 Å². The Labute approximate surface area is 225 Å². The Morgan fingerprint density at radius 3 is 2.36 bits per heavy atom. The lowest BCUT2D eigenvalue weighted by Crippen LogP contribution is -2.57. The minimum absolute atomic E-state index is 0.176. The second-order valence-electron chi connectivity index (χ2n) is 10.5. The molecule has 3 N–H and O–H groups in total. The number of ether oxygens (including phenoxy) is 2. The van der Waals surface area contributed by atoms with Gasteiger partial charge in [0, 0.05) is 17.6 Å². The summed E-state index contributed by atoms with van der Waals surface area (Å²) in [4.78, 5) is 53.8. The number of rotatable bonds is 9. The first-order valence-electron chi connectivity index (χ1n) is 13.2. The lowest BCUT2D eigenvalue weighted by Gasteiger charge is -2.34. The van der Waals surface area contributed by atoms with Crippen LogP contribution in [0.15, 0.2) is 48.5 Å². The predicted octanol–water partition coefficient (Wildman–Crippen LogP) is 3.15. The minimum Gasteiger partial charge on any atom is -0.493 e. The molecule has 2 heterocycles. The van der Waals surface area contributed by atoms with Crippen molar-refractivity contribution in [3.05, 3.63) is 59.7 Å². The molecule has 3 fully saturated rings. The van der Waals surface area contributed by atoms with Gasteiger partial charge >= 0.3 is 11.9 Å². The second kappa shape index (κ2) is 10.7. The second-order valence-corrected chi connectivity index (χ2v) is 10.5. The van der Waals surface area contributed by atoms with Crippen molar-refractivity contribution in [3.8, 4) is 11.5 Å². The van der Waals surface area contributed by atoms with Crippen LogP contribution in [-0.2, 0) is 25.8 Å². The maximum Gasteiger partial charge on any atom is 0.325 e. The molecule has 2 aliphatic heterocycles. The van der Waals surface area contributed by atoms with E-state index in [1.54, 1.807) is 18.2 Å². The van der Waals surface area contributed by atoms with E-state index in [0.717, 1.165) is 24.8 Å². The topological polar surface area (TPSA) is 142 Å². The van der Waals surface area contributed by atoms with Gasteiger partial charge < -0.3 is 19.7 Å². The predicted molar refractivity (Wildman–Crippen MR) is 138 cm³/mol. The van der Waals surface area contributed by atoms with E-state index in [0.29, 0.717) is 29.9 Å². The number of aliphatic carboxylic acids is 2. The number of imide groups is 1. The Bertz CT molecular complexity index is 1280. The molecule has 0 aromatic heterocycles. The Kier molecular flexibility index (Phi) is 7.31. The van der Waals surface area contributed by atoms with Crippen LogP contribution in [0.2, 0.25) is 0 Å². The van der Waals surface area contributed by atoms with Gasteiger partial charge in [0.1, 0.15) is 12.1 Å². The maximum atomic E-state index is 14.0. The van der Waals surface area contributed by atoms with Gasteiger partial charge in [0.15, 0.2) is 11.5 Å². The standard InChI is InChI=1S/C29H32N2O8/c1-38-20-14-8-13-19(25(20)39-16-17-9-4-2-5-10-17)24-22-23(29(30-24,28(36)37)15-21(32)33)27(35)31(26(22)34)18-11-6-3-7-12-18/h2,4-5,8-10,13-14,18,22-24,30H,3,6-7,11-12,15-16H2,1H3,(H,32,33)(H,36,37). The zero-order valence-corrected chi connectivity index (χ0v) is 21.7. The highest BCUT2D eigenvalue weighted by molar-refractivity contribution is 6.10. The third-order valence-corrected chi connectivity index (χ3v) is 8.23. The highest BCUT2D eigenvalue weighted by Gasteiger charge is 2.70. The van der Waals surface area contributed by atoms with Gasteiger partial charge in [-0.2, -0.15) is 0 Å². The number of carboxylic acids is 2. The molecule has 4 atom stereocenters. The number of nitrogens with one attached hydrogen (secondary N) is 1. The van der Waals surface area contributed by atoms with Crippen molar-refractivity contribution >= 4 is 23.8 Å². The Morgan fingerprint density at radius 1 is 1.00 bits per heavy atom. The smallest absolute Gasteiger partial charge is 0.325 e. The van der Waals surface area contributed by atoms with Crippen LogP contribution in [0.25, 0.3) is 0 Å². The van der Waals surface area contributed by atoms with Crippen molar-refractivity contribution in [2.75, 3.05) is 7.11 Å². The lowest BCUT2D eigenvalue weighted by atomic mass is 9.77. The van der Waals surface area contributed by atoms with Crippen molar-refractivity contribution in [2.24, 2.45) is 11.8 Å². The molecule has 2 aromatic rings. The molecular formula is C29H32N2O8. The van der Waals surface area contributed by atoms with Crippen LogP contribution in [0.3, 0.4) is 0 Å². The molecule has 1 aliphatic carbocycles. The van der Waals surface area contributed by atoms with Gasteiger partial charge in [-0.05, 0) is 24.5 Å². The summed E-state index contributed by atoms with van der Waals surface area (Å²) in [5.74, 6) is -5.78. The summed E-state index contributed by atoms with van der Waals surface area (Å²) in [5.41, 5.74) is -0.856. The summed E-state index contributed by atoms with van der Waals surface area (Å²) in [6, 6.07) is 13.2. The van der Waals surface area contributed by atoms with Crippen LogP contribution in [0, 0.1) is 11.8 Å². The molecule has 206 valence electrons. The molecule has 2 amide bonds. The van der Waals surface area contributed by atoms with Crippen molar-refractivity contribution in [2.45, 2.75) is 62.8 Å². The summed E-state index contributed by atoms with van der Waals surface area (Å²) in [7, 11) is 1.47. The van der Waals surface area contributed by atoms with Crippen molar-refractivity contribution in [1.29, 1.82) is 0 Å². The van der Waals surface area contributed by atoms with E-state index in [1.165, 1.54) is 12.0 Å². The zero-order valence-electron chi connectivity index (χ0n) is 21.7. The van der Waals surface area contributed by atoms with Crippen LogP contribution in [0.5, 0.6) is 11.5 Å². The minimum atomic E-state index is -2.17. The largest absolute Gasteiger partial charge is 0.493 e. The van der Waals surface area contributed by atoms with Crippen LogP contribution >= 0.6 is 0 Å². The molecule has 3 aliphatic rings. The van der Waals surface area contributed by atoms with Gasteiger partial charge in [-0.3, -0.25) is 29.4 Å². The molecule has 2 aromatic carbocycles. The normalized spacial score (nSPS) is 26.9. The average molecular weight is 537 g/mol. The zero-order chi connectivity index (χ0) is 27.7. The van der Waals surface area contributed by atoms with E-state index >= 15 is 0 Å². The molecule has 0 spiro atoms. The lowest BCUT2D eigenvalue weighted by molar-refractivity contribution is -0.156. The van der Waals surface area contributed by atoms with Gasteiger partial charge in [-0.15, -0.1) is 0 Å². The van der Waals surface area contributed by atoms with Crippen LogP contribution in [-0.4, -0.2) is 57.6 Å². The highest BCUT2D eigenvalue weighted by Crippen LogP contribution is 2.53. The third-order valence-electron chi connectivity index (χ3n) is 8.23. The van der Waals surface area contributed by atoms with Crippen LogP contribution in [0.1, 0.15) is 55.7 Å². The summed E-state index contributed by atoms with van der Waals surface area (Å²) >= 11 is 0. The SMILES string of the molecule is COc1cccc(C2NC(CC(=O)O)(C(=O)O)C3C(=O)N(C4CCCCC4)C(=O)C23)c1OCc1ccccc1. The van der Waals surface area contributed by atoms with Gasteiger partial charge in [-0.1, -0.05) is 61.7 Å². The molecule has 5 rings (SSSR count). The molecule has 1 saturated carbocycles. The average Bonchev–Trinajstić information content (AvgIpc) is 3.41. The third kappa shape index (κ3) is 4.63. The number of carboxylic acid groups (broad SMARTS) is 2. The first-order chi connectivity index (χ1) is 18.8. The Balaban J connectivity index is 1.60. The van der Waals surface area contributed by atoms with Crippen LogP contribution < -0.4 is 14.8 Å². The molecule has 0 radical (unpaired) electrons. The molecule has 10 heteroatoms. The van der Waals surface area contributed by atoms with E-state index in [9.17, 15) is 29.4 Å². The Morgan fingerprint density at radius 2 is 1.72 bits per heavy atom. The van der Waals surface area contributed by atoms with Crippen molar-refractivity contribution in [3.63, 3.8) is 0 Å². The summed E-state index contributed by atoms with van der Waals surface area (Å²) in [6.07, 6.45) is 3.18. The number of amides is 2. The molecule has 10 nitrogen and oxygen atoms in total. The van der Waals surface area contributed by atoms with Crippen molar-refractivity contribution < 1.29 is 38.9 Å². The fraction of sp³-hybridized carbons (Fsp3) is 0.448. The van der Waals surface area contributed by atoms with Crippen molar-refractivity contribution in [1.82, 2.24) is 10.2 Å². The van der Waals surface area contributed by atoms with Crippen LogP contribution in [0.4, 0.5) is 0 Å². The maximum absolute atomic E-state index is 14.0. The number of methoxy groups -OCH3 is 1. The summed E-state index contributed by atoms with van der Waals surface area (Å²) in [5, 5.41) is 23.0. The Hall–Kier alpha value is -3.92. The number of para-hydroxylation sites is 1. The van der Waals surface area contributed by atoms with E-state index in [-0.39, 0.29) is 12.6 Å². The fourth-order valence-corrected chi connectivity index (χ4v) is 6.49. The monoisotopic (exact) mass is 536 g/mol. The number of fused-ring (bicyclic) bond motifs is 1. The van der Waals surface area contributed by atoms with E-state index < -0.39 is 53.6 Å². The number of carbonyl (C=O) groups excluding carboxylic acids is 2. The number of benzene rings is 2. The summed E-state index contributed by atoms with van der Waals surface area (Å²) in [6.45, 7) is 0.176. The molecular weight excluding hydrogens is 504 g/mol.